The molecule has 6 nitrogen and oxygen atoms in total. The Hall–Kier alpha value is -1.53. The molecule has 0 bridgehead atoms. The first-order valence-corrected chi connectivity index (χ1v) is 6.69. The highest BCUT2D eigenvalue weighted by Gasteiger charge is 2.19. The van der Waals surface area contributed by atoms with Gasteiger partial charge in [-0.25, -0.2) is 9.97 Å². The lowest BCUT2D eigenvalue weighted by Crippen LogP contribution is -2.45. The minimum atomic E-state index is 0.0902. The molecule has 2 rings (SSSR count). The third-order valence-electron chi connectivity index (χ3n) is 3.45. The zero-order valence-electron chi connectivity index (χ0n) is 11.3. The summed E-state index contributed by atoms with van der Waals surface area (Å²) in [4.78, 5) is 21.6. The fraction of sp³-hybridized carbons (Fsp3) is 0.615. The molecule has 2 heterocycles. The van der Waals surface area contributed by atoms with Crippen molar-refractivity contribution in [2.24, 2.45) is 0 Å². The van der Waals surface area contributed by atoms with Gasteiger partial charge in [0.2, 0.25) is 5.91 Å². The van der Waals surface area contributed by atoms with E-state index in [2.05, 4.69) is 25.5 Å². The van der Waals surface area contributed by atoms with E-state index >= 15 is 0 Å². The molecule has 0 atom stereocenters. The molecule has 1 fully saturated rings. The molecule has 1 saturated heterocycles. The number of likely N-dealkylation sites (tertiary alicyclic amines) is 1. The van der Waals surface area contributed by atoms with Gasteiger partial charge in [-0.2, -0.15) is 0 Å². The maximum atomic E-state index is 11.3. The van der Waals surface area contributed by atoms with Crippen molar-refractivity contribution in [2.75, 3.05) is 26.7 Å². The van der Waals surface area contributed by atoms with Gasteiger partial charge >= 0.3 is 0 Å². The van der Waals surface area contributed by atoms with Crippen LogP contribution in [0.2, 0.25) is 0 Å². The smallest absolute Gasteiger partial charge is 0.233 e. The molecule has 0 saturated carbocycles. The highest BCUT2D eigenvalue weighted by atomic mass is 16.1. The Bertz CT molecular complexity index is 389. The van der Waals surface area contributed by atoms with Gasteiger partial charge in [-0.1, -0.05) is 0 Å². The molecule has 104 valence electrons. The molecule has 1 aromatic heterocycles. The van der Waals surface area contributed by atoms with Crippen molar-refractivity contribution in [3.63, 3.8) is 0 Å². The van der Waals surface area contributed by atoms with Gasteiger partial charge in [-0.3, -0.25) is 9.69 Å². The number of hydrogen-bond donors (Lipinski definition) is 2. The van der Waals surface area contributed by atoms with Gasteiger partial charge in [0.15, 0.2) is 0 Å². The zero-order valence-corrected chi connectivity index (χ0v) is 11.3. The number of rotatable bonds is 5. The second kappa shape index (κ2) is 7.16. The third kappa shape index (κ3) is 4.57. The first kappa shape index (κ1) is 13.9. The van der Waals surface area contributed by atoms with Crippen LogP contribution in [0.1, 0.15) is 18.5 Å². The predicted molar refractivity (Wildman–Crippen MR) is 72.4 cm³/mol. The summed E-state index contributed by atoms with van der Waals surface area (Å²) in [5, 5.41) is 6.17. The van der Waals surface area contributed by atoms with E-state index in [1.54, 1.807) is 19.6 Å². The van der Waals surface area contributed by atoms with Crippen LogP contribution in [0.5, 0.6) is 0 Å². The van der Waals surface area contributed by atoms with Gasteiger partial charge in [0, 0.05) is 38.9 Å². The van der Waals surface area contributed by atoms with Gasteiger partial charge in [-0.05, 0) is 18.9 Å². The Morgan fingerprint density at radius 1 is 1.47 bits per heavy atom. The zero-order chi connectivity index (χ0) is 13.5. The minimum absolute atomic E-state index is 0.0902. The Kier molecular flexibility index (Phi) is 5.23. The van der Waals surface area contributed by atoms with Crippen molar-refractivity contribution < 1.29 is 4.79 Å². The first-order chi connectivity index (χ1) is 9.28. The summed E-state index contributed by atoms with van der Waals surface area (Å²) in [7, 11) is 1.68. The van der Waals surface area contributed by atoms with E-state index in [1.165, 1.54) is 0 Å². The number of piperidine rings is 1. The molecule has 1 amide bonds. The second-order valence-corrected chi connectivity index (χ2v) is 4.81. The Morgan fingerprint density at radius 3 is 2.89 bits per heavy atom. The summed E-state index contributed by atoms with van der Waals surface area (Å²) in [6, 6.07) is 2.43. The quantitative estimate of drug-likeness (QED) is 0.768. The van der Waals surface area contributed by atoms with Crippen molar-refractivity contribution in [3.8, 4) is 0 Å². The van der Waals surface area contributed by atoms with Crippen molar-refractivity contribution in [1.29, 1.82) is 0 Å². The average Bonchev–Trinajstić information content (AvgIpc) is 2.47. The SMILES string of the molecule is CNC(=O)CN1CCC(NCc2ccncn2)CC1. The summed E-state index contributed by atoms with van der Waals surface area (Å²) < 4.78 is 0. The highest BCUT2D eigenvalue weighted by molar-refractivity contribution is 5.77. The summed E-state index contributed by atoms with van der Waals surface area (Å²) >= 11 is 0. The normalized spacial score (nSPS) is 17.3. The Morgan fingerprint density at radius 2 is 2.26 bits per heavy atom. The van der Waals surface area contributed by atoms with Crippen molar-refractivity contribution in [2.45, 2.75) is 25.4 Å². The molecule has 1 aliphatic heterocycles. The lowest BCUT2D eigenvalue weighted by atomic mass is 10.0. The van der Waals surface area contributed by atoms with Crippen LogP contribution in [0.15, 0.2) is 18.6 Å². The van der Waals surface area contributed by atoms with Gasteiger partial charge in [0.1, 0.15) is 6.33 Å². The Balaban J connectivity index is 1.67. The van der Waals surface area contributed by atoms with E-state index in [9.17, 15) is 4.79 Å². The predicted octanol–water partition coefficient (Wildman–Crippen LogP) is -0.223. The monoisotopic (exact) mass is 263 g/mol. The third-order valence-corrected chi connectivity index (χ3v) is 3.45. The minimum Gasteiger partial charge on any atom is -0.358 e. The fourth-order valence-corrected chi connectivity index (χ4v) is 2.25. The number of carbonyl (C=O) groups excluding carboxylic acids is 1. The molecule has 1 aromatic rings. The van der Waals surface area contributed by atoms with E-state index in [4.69, 9.17) is 0 Å². The van der Waals surface area contributed by atoms with E-state index in [1.807, 2.05) is 6.07 Å². The Labute approximate surface area is 113 Å². The standard InChI is InChI=1S/C13H21N5O/c1-14-13(19)9-18-6-3-11(4-7-18)16-8-12-2-5-15-10-17-12/h2,5,10-11,16H,3-4,6-9H2,1H3,(H,14,19). The average molecular weight is 263 g/mol. The van der Waals surface area contributed by atoms with Gasteiger partial charge < -0.3 is 10.6 Å². The lowest BCUT2D eigenvalue weighted by Gasteiger charge is -2.31. The molecule has 0 unspecified atom stereocenters. The van der Waals surface area contributed by atoms with Crippen molar-refractivity contribution >= 4 is 5.91 Å². The number of aromatic nitrogens is 2. The van der Waals surface area contributed by atoms with E-state index < -0.39 is 0 Å². The molecule has 0 spiro atoms. The van der Waals surface area contributed by atoms with Crippen LogP contribution in [0.25, 0.3) is 0 Å². The highest BCUT2D eigenvalue weighted by Crippen LogP contribution is 2.10. The van der Waals surface area contributed by atoms with Gasteiger partial charge in [-0.15, -0.1) is 0 Å². The fourth-order valence-electron chi connectivity index (χ4n) is 2.25. The number of likely N-dealkylation sites (N-methyl/N-ethyl adjacent to an activating group) is 1. The van der Waals surface area contributed by atoms with Crippen LogP contribution in [0.3, 0.4) is 0 Å². The van der Waals surface area contributed by atoms with Crippen LogP contribution in [-0.2, 0) is 11.3 Å². The molecular weight excluding hydrogens is 242 g/mol. The second-order valence-electron chi connectivity index (χ2n) is 4.81. The number of amides is 1. The molecule has 1 aliphatic rings. The molecule has 0 aromatic carbocycles. The largest absolute Gasteiger partial charge is 0.358 e. The maximum Gasteiger partial charge on any atom is 0.233 e. The lowest BCUT2D eigenvalue weighted by molar-refractivity contribution is -0.122. The van der Waals surface area contributed by atoms with E-state index in [0.29, 0.717) is 12.6 Å². The summed E-state index contributed by atoms with van der Waals surface area (Å²) in [5.41, 5.74) is 1.02. The topological polar surface area (TPSA) is 70.2 Å². The van der Waals surface area contributed by atoms with Crippen molar-refractivity contribution in [3.05, 3.63) is 24.3 Å². The molecule has 6 heteroatoms. The summed E-state index contributed by atoms with van der Waals surface area (Å²) in [5.74, 6) is 0.0902. The number of nitrogens with zero attached hydrogens (tertiary/aromatic N) is 3. The molecule has 19 heavy (non-hydrogen) atoms. The maximum absolute atomic E-state index is 11.3. The van der Waals surface area contributed by atoms with Crippen LogP contribution >= 0.6 is 0 Å². The summed E-state index contributed by atoms with van der Waals surface area (Å²) in [6.07, 6.45) is 5.48. The molecule has 0 radical (unpaired) electrons. The first-order valence-electron chi connectivity index (χ1n) is 6.69. The van der Waals surface area contributed by atoms with Crippen molar-refractivity contribution in [1.82, 2.24) is 25.5 Å². The number of nitrogens with one attached hydrogen (secondary N) is 2. The summed E-state index contributed by atoms with van der Waals surface area (Å²) in [6.45, 7) is 3.22. The van der Waals surface area contributed by atoms with Crippen LogP contribution in [-0.4, -0.2) is 53.5 Å². The van der Waals surface area contributed by atoms with Gasteiger partial charge in [0.25, 0.3) is 0 Å². The van der Waals surface area contributed by atoms with Crippen LogP contribution in [0.4, 0.5) is 0 Å². The number of hydrogen-bond acceptors (Lipinski definition) is 5. The van der Waals surface area contributed by atoms with Crippen LogP contribution in [0, 0.1) is 0 Å². The molecule has 2 N–H and O–H groups in total. The molecule has 0 aliphatic carbocycles. The van der Waals surface area contributed by atoms with Crippen LogP contribution < -0.4 is 10.6 Å². The van der Waals surface area contributed by atoms with E-state index in [-0.39, 0.29) is 5.91 Å². The van der Waals surface area contributed by atoms with Gasteiger partial charge in [0.05, 0.1) is 12.2 Å². The van der Waals surface area contributed by atoms with E-state index in [0.717, 1.165) is 38.2 Å². The molecular formula is C13H21N5O. The number of carbonyl (C=O) groups is 1.